The van der Waals surface area contributed by atoms with Gasteiger partial charge in [0.2, 0.25) is 17.7 Å². The zero-order valence-electron chi connectivity index (χ0n) is 31.6. The first-order valence-electron chi connectivity index (χ1n) is 18.3. The summed E-state index contributed by atoms with van der Waals surface area (Å²) in [6.45, 7) is 3.52. The molecule has 8 N–H and O–H groups in total. The molecule has 0 saturated heterocycles. The average molecular weight is 769 g/mol. The van der Waals surface area contributed by atoms with Gasteiger partial charge in [-0.3, -0.25) is 28.8 Å². The molecule has 0 aromatic heterocycles. The van der Waals surface area contributed by atoms with Crippen molar-refractivity contribution in [2.24, 2.45) is 23.3 Å². The number of hydrogen-bond acceptors (Lipinski definition) is 14. The number of phenolic OH excluding ortho intramolecular Hbond substituents is 1. The number of methoxy groups -OCH3 is 1. The minimum Gasteiger partial charge on any atom is -0.508 e. The second kappa shape index (κ2) is 29.5. The summed E-state index contributed by atoms with van der Waals surface area (Å²) in [6, 6.07) is 4.31. The second-order valence-electron chi connectivity index (χ2n) is 12.8. The predicted octanol–water partition coefficient (Wildman–Crippen LogP) is -0.256. The highest BCUT2D eigenvalue weighted by Gasteiger charge is 2.29. The Morgan fingerprint density at radius 2 is 1.39 bits per heavy atom. The van der Waals surface area contributed by atoms with Crippen LogP contribution in [0.15, 0.2) is 24.3 Å². The third kappa shape index (κ3) is 23.1. The number of carbonyl (C=O) groups excluding carboxylic acids is 6. The molecule has 0 heterocycles. The van der Waals surface area contributed by atoms with Crippen molar-refractivity contribution in [2.45, 2.75) is 70.4 Å². The maximum atomic E-state index is 13.1. The zero-order chi connectivity index (χ0) is 40.1. The first kappa shape index (κ1) is 48.2. The fourth-order valence-corrected chi connectivity index (χ4v) is 5.01. The lowest BCUT2D eigenvalue weighted by molar-refractivity contribution is -0.133. The number of ether oxygens (including phenoxy) is 5. The van der Waals surface area contributed by atoms with Gasteiger partial charge in [0.1, 0.15) is 24.7 Å². The van der Waals surface area contributed by atoms with Gasteiger partial charge in [0.15, 0.2) is 11.6 Å². The van der Waals surface area contributed by atoms with E-state index in [-0.39, 0.29) is 76.1 Å². The third-order valence-electron chi connectivity index (χ3n) is 8.26. The number of Topliss-reactive ketones (excluding diaryl/α,β-unsaturated/α-hetero) is 3. The van der Waals surface area contributed by atoms with Gasteiger partial charge in [0, 0.05) is 45.4 Å². The highest BCUT2D eigenvalue weighted by Crippen LogP contribution is 2.20. The van der Waals surface area contributed by atoms with Crippen LogP contribution in [0.1, 0.15) is 57.4 Å². The molecular weight excluding hydrogens is 708 g/mol. The molecule has 0 spiro atoms. The van der Waals surface area contributed by atoms with Crippen molar-refractivity contribution < 1.29 is 62.7 Å². The third-order valence-corrected chi connectivity index (χ3v) is 8.26. The largest absolute Gasteiger partial charge is 0.508 e. The van der Waals surface area contributed by atoms with E-state index in [9.17, 15) is 39.0 Å². The fourth-order valence-electron chi connectivity index (χ4n) is 5.01. The lowest BCUT2D eigenvalue weighted by Crippen LogP contribution is -2.48. The van der Waals surface area contributed by atoms with Crippen molar-refractivity contribution in [3.05, 3.63) is 29.8 Å². The molecule has 17 nitrogen and oxygen atoms in total. The van der Waals surface area contributed by atoms with Crippen molar-refractivity contribution in [2.75, 3.05) is 79.7 Å². The van der Waals surface area contributed by atoms with Crippen LogP contribution in [0, 0.1) is 11.8 Å². The number of unbranched alkanes of at least 4 members (excludes halogenated alkanes) is 1. The minimum absolute atomic E-state index is 0.0214. The number of ketones is 3. The van der Waals surface area contributed by atoms with E-state index in [1.54, 1.807) is 19.2 Å². The van der Waals surface area contributed by atoms with E-state index >= 15 is 0 Å². The fraction of sp³-hybridized carbons (Fsp3) is 0.676. The Labute approximate surface area is 317 Å². The Bertz CT molecular complexity index is 1260. The van der Waals surface area contributed by atoms with E-state index in [1.165, 1.54) is 19.1 Å². The SMILES string of the molecule is COCCOCCOCC(=O)CCCOCCOCC(=O)NCCCC[C@H](CC(=O)[C@@H](C)NC(=O)[C@@H](N)Cc1ccc(O)cc1)C(=O)C[C@@H](CO)C(N)=O. The number of hydrogen-bond donors (Lipinski definition) is 6. The molecule has 0 aliphatic rings. The molecule has 0 unspecified atom stereocenters. The smallest absolute Gasteiger partial charge is 0.245 e. The number of benzene rings is 1. The quantitative estimate of drug-likeness (QED) is 0.0494. The Morgan fingerprint density at radius 3 is 2.04 bits per heavy atom. The molecule has 0 aliphatic carbocycles. The maximum absolute atomic E-state index is 13.1. The van der Waals surface area contributed by atoms with Crippen LogP contribution in [0.2, 0.25) is 0 Å². The molecule has 1 aromatic rings. The van der Waals surface area contributed by atoms with Crippen LogP contribution < -0.4 is 22.1 Å². The molecule has 1 aromatic carbocycles. The Balaban J connectivity index is 2.36. The number of nitrogens with two attached hydrogens (primary N) is 2. The number of amides is 3. The number of nitrogens with one attached hydrogen (secondary N) is 2. The van der Waals surface area contributed by atoms with E-state index in [0.29, 0.717) is 58.7 Å². The summed E-state index contributed by atoms with van der Waals surface area (Å²) < 4.78 is 26.1. The molecular formula is C37H60N4O13. The van der Waals surface area contributed by atoms with Gasteiger partial charge in [-0.1, -0.05) is 18.6 Å². The van der Waals surface area contributed by atoms with Crippen LogP contribution in [0.25, 0.3) is 0 Å². The van der Waals surface area contributed by atoms with Crippen molar-refractivity contribution in [3.63, 3.8) is 0 Å². The van der Waals surface area contributed by atoms with E-state index in [2.05, 4.69) is 10.6 Å². The van der Waals surface area contributed by atoms with Gasteiger partial charge in [-0.25, -0.2) is 0 Å². The zero-order valence-corrected chi connectivity index (χ0v) is 31.6. The Hall–Kier alpha value is -3.84. The molecule has 17 heteroatoms. The van der Waals surface area contributed by atoms with Crippen LogP contribution in [0.5, 0.6) is 5.75 Å². The van der Waals surface area contributed by atoms with E-state index < -0.39 is 53.9 Å². The standard InChI is InChI=1S/C37H60N4O13/c1-26(41-37(49)32(38)20-27-8-10-30(43)11-9-27)33(45)21-28(34(46)22-29(23-42)36(39)48)6-3-4-12-40-35(47)25-54-19-16-51-13-5-7-31(44)24-53-18-17-52-15-14-50-2/h8-11,26,28-29,32,42-43H,3-7,12-25,38H2,1-2H3,(H2,39,48)(H,40,47)(H,41,49)/t26-,28-,29+,32+/m1/s1. The van der Waals surface area contributed by atoms with Crippen LogP contribution in [0.3, 0.4) is 0 Å². The molecule has 0 fully saturated rings. The van der Waals surface area contributed by atoms with Crippen molar-refractivity contribution in [1.29, 1.82) is 0 Å². The van der Waals surface area contributed by atoms with E-state index in [4.69, 9.17) is 35.2 Å². The molecule has 0 saturated carbocycles. The Kier molecular flexibility index (Phi) is 26.3. The van der Waals surface area contributed by atoms with Gasteiger partial charge < -0.3 is 56.0 Å². The van der Waals surface area contributed by atoms with Gasteiger partial charge in [0.05, 0.1) is 64.2 Å². The van der Waals surface area contributed by atoms with Gasteiger partial charge in [-0.2, -0.15) is 0 Å². The molecule has 306 valence electrons. The lowest BCUT2D eigenvalue weighted by Gasteiger charge is -2.21. The van der Waals surface area contributed by atoms with Gasteiger partial charge in [-0.15, -0.1) is 0 Å². The van der Waals surface area contributed by atoms with Crippen LogP contribution in [-0.2, 0) is 58.9 Å². The maximum Gasteiger partial charge on any atom is 0.245 e. The number of phenols is 1. The van der Waals surface area contributed by atoms with Crippen LogP contribution >= 0.6 is 0 Å². The first-order valence-corrected chi connectivity index (χ1v) is 18.3. The van der Waals surface area contributed by atoms with Crippen molar-refractivity contribution >= 4 is 35.1 Å². The van der Waals surface area contributed by atoms with Gasteiger partial charge in [0.25, 0.3) is 0 Å². The number of aliphatic hydroxyl groups is 1. The summed E-state index contributed by atoms with van der Waals surface area (Å²) in [7, 11) is 1.59. The summed E-state index contributed by atoms with van der Waals surface area (Å²) in [5, 5.41) is 24.2. The summed E-state index contributed by atoms with van der Waals surface area (Å²) in [5.74, 6) is -4.41. The molecule has 4 atom stereocenters. The number of primary amides is 1. The van der Waals surface area contributed by atoms with Crippen molar-refractivity contribution in [1.82, 2.24) is 10.6 Å². The highest BCUT2D eigenvalue weighted by molar-refractivity contribution is 5.94. The number of aliphatic hydroxyl groups excluding tert-OH is 1. The average Bonchev–Trinajstić information content (AvgIpc) is 3.14. The number of carbonyl (C=O) groups is 6. The second-order valence-corrected chi connectivity index (χ2v) is 12.8. The van der Waals surface area contributed by atoms with Crippen LogP contribution in [-0.4, -0.2) is 137 Å². The number of aromatic hydroxyl groups is 1. The molecule has 0 radical (unpaired) electrons. The normalized spacial score (nSPS) is 13.4. The van der Waals surface area contributed by atoms with Gasteiger partial charge in [-0.05, 0) is 50.3 Å². The molecule has 1 rings (SSSR count). The lowest BCUT2D eigenvalue weighted by atomic mass is 9.86. The summed E-state index contributed by atoms with van der Waals surface area (Å²) in [4.78, 5) is 74.5. The summed E-state index contributed by atoms with van der Waals surface area (Å²) in [6.07, 6.45) is 1.68. The highest BCUT2D eigenvalue weighted by atomic mass is 16.5. The predicted molar refractivity (Wildman–Crippen MR) is 196 cm³/mol. The molecule has 3 amide bonds. The van der Waals surface area contributed by atoms with E-state index in [0.717, 1.165) is 5.56 Å². The first-order chi connectivity index (χ1) is 25.9. The summed E-state index contributed by atoms with van der Waals surface area (Å²) in [5.41, 5.74) is 12.0. The monoisotopic (exact) mass is 768 g/mol. The van der Waals surface area contributed by atoms with Gasteiger partial charge >= 0.3 is 0 Å². The molecule has 0 aliphatic heterocycles. The minimum atomic E-state index is -1.09. The molecule has 54 heavy (non-hydrogen) atoms. The topological polar surface area (TPSA) is 265 Å². The molecule has 0 bridgehead atoms. The Morgan fingerprint density at radius 1 is 0.778 bits per heavy atom. The number of rotatable bonds is 34. The van der Waals surface area contributed by atoms with Crippen LogP contribution in [0.4, 0.5) is 0 Å². The van der Waals surface area contributed by atoms with E-state index in [1.807, 2.05) is 0 Å². The van der Waals surface area contributed by atoms with Crippen molar-refractivity contribution in [3.8, 4) is 5.75 Å². The summed E-state index contributed by atoms with van der Waals surface area (Å²) >= 11 is 0.